The third-order valence-electron chi connectivity index (χ3n) is 3.52. The van der Waals surface area contributed by atoms with Crippen LogP contribution in [0.3, 0.4) is 0 Å². The maximum Gasteiger partial charge on any atom is 0.238 e. The molecule has 1 aliphatic rings. The van der Waals surface area contributed by atoms with Crippen molar-refractivity contribution in [1.82, 2.24) is 0 Å². The van der Waals surface area contributed by atoms with Gasteiger partial charge in [-0.3, -0.25) is 9.69 Å². The van der Waals surface area contributed by atoms with E-state index >= 15 is 0 Å². The van der Waals surface area contributed by atoms with Crippen LogP contribution in [-0.2, 0) is 4.79 Å². The summed E-state index contributed by atoms with van der Waals surface area (Å²) in [5.41, 5.74) is 1.72. The summed E-state index contributed by atoms with van der Waals surface area (Å²) in [6, 6.07) is 13.0. The van der Waals surface area contributed by atoms with E-state index < -0.39 is 0 Å². The summed E-state index contributed by atoms with van der Waals surface area (Å²) in [6.07, 6.45) is 5.30. The van der Waals surface area contributed by atoms with Gasteiger partial charge in [0.25, 0.3) is 0 Å². The lowest BCUT2D eigenvalue weighted by molar-refractivity contribution is -0.115. The van der Waals surface area contributed by atoms with E-state index in [1.165, 1.54) is 0 Å². The Kier molecular flexibility index (Phi) is 5.40. The van der Waals surface area contributed by atoms with Crippen molar-refractivity contribution < 1.29 is 9.53 Å². The Hall–Kier alpha value is -1.61. The highest BCUT2D eigenvalue weighted by Gasteiger charge is 2.35. The number of ether oxygens (including phenoxy) is 1. The van der Waals surface area contributed by atoms with Crippen LogP contribution in [-0.4, -0.2) is 18.3 Å². The number of rotatable bonds is 4. The Morgan fingerprint density at radius 1 is 1.33 bits per heavy atom. The SMILES string of the molecule is C#CCOc1ccc(Br)cc1[C@@H]1SCC(=O)N1c1ccc(Cl)cc1. The van der Waals surface area contributed by atoms with E-state index in [1.54, 1.807) is 28.8 Å². The first-order chi connectivity index (χ1) is 11.6. The minimum atomic E-state index is -0.177. The molecule has 1 aliphatic heterocycles. The number of carbonyl (C=O) groups is 1. The highest BCUT2D eigenvalue weighted by molar-refractivity contribution is 9.10. The van der Waals surface area contributed by atoms with Crippen molar-refractivity contribution in [1.29, 1.82) is 0 Å². The number of halogens is 2. The van der Waals surface area contributed by atoms with Gasteiger partial charge >= 0.3 is 0 Å². The number of anilines is 1. The molecule has 3 nitrogen and oxygen atoms in total. The molecule has 1 heterocycles. The van der Waals surface area contributed by atoms with Gasteiger partial charge in [0.2, 0.25) is 5.91 Å². The summed E-state index contributed by atoms with van der Waals surface area (Å²) in [4.78, 5) is 14.2. The molecule has 1 saturated heterocycles. The Morgan fingerprint density at radius 2 is 2.08 bits per heavy atom. The zero-order chi connectivity index (χ0) is 17.1. The van der Waals surface area contributed by atoms with Crippen LogP contribution >= 0.6 is 39.3 Å². The quantitative estimate of drug-likeness (QED) is 0.657. The summed E-state index contributed by atoms with van der Waals surface area (Å²) < 4.78 is 6.58. The molecule has 0 saturated carbocycles. The second kappa shape index (κ2) is 7.52. The summed E-state index contributed by atoms with van der Waals surface area (Å²) in [5, 5.41) is 0.457. The maximum absolute atomic E-state index is 12.4. The molecule has 0 aliphatic carbocycles. The highest BCUT2D eigenvalue weighted by atomic mass is 79.9. The number of thioether (sulfide) groups is 1. The Morgan fingerprint density at radius 3 is 2.79 bits per heavy atom. The molecule has 2 aromatic carbocycles. The molecule has 6 heteroatoms. The van der Waals surface area contributed by atoms with E-state index in [4.69, 9.17) is 22.8 Å². The standard InChI is InChI=1S/C18H13BrClNO2S/c1-2-9-23-16-8-3-12(19)10-15(16)18-21(17(22)11-24-18)14-6-4-13(20)5-7-14/h1,3-8,10,18H,9,11H2/t18-/m0/s1. The first kappa shape index (κ1) is 17.2. The van der Waals surface area contributed by atoms with E-state index in [1.807, 2.05) is 30.3 Å². The van der Waals surface area contributed by atoms with Gasteiger partial charge < -0.3 is 4.74 Å². The van der Waals surface area contributed by atoms with Gasteiger partial charge in [0.1, 0.15) is 17.7 Å². The van der Waals surface area contributed by atoms with Crippen LogP contribution in [0.2, 0.25) is 5.02 Å². The molecule has 0 bridgehead atoms. The predicted octanol–water partition coefficient (Wildman–Crippen LogP) is 4.89. The Balaban J connectivity index is 2.01. The number of hydrogen-bond acceptors (Lipinski definition) is 3. The monoisotopic (exact) mass is 421 g/mol. The average Bonchev–Trinajstić information content (AvgIpc) is 2.96. The zero-order valence-electron chi connectivity index (χ0n) is 12.5. The fraction of sp³-hybridized carbons (Fsp3) is 0.167. The second-order valence-electron chi connectivity index (χ2n) is 5.08. The molecule has 122 valence electrons. The highest BCUT2D eigenvalue weighted by Crippen LogP contribution is 2.45. The smallest absolute Gasteiger partial charge is 0.238 e. The van der Waals surface area contributed by atoms with Crippen LogP contribution in [0.4, 0.5) is 5.69 Å². The maximum atomic E-state index is 12.4. The summed E-state index contributed by atoms with van der Waals surface area (Å²) in [6.45, 7) is 0.181. The minimum absolute atomic E-state index is 0.0511. The van der Waals surface area contributed by atoms with E-state index in [-0.39, 0.29) is 17.9 Å². The van der Waals surface area contributed by atoms with Crippen LogP contribution < -0.4 is 9.64 Å². The molecular weight excluding hydrogens is 410 g/mol. The lowest BCUT2D eigenvalue weighted by Crippen LogP contribution is -2.28. The van der Waals surface area contributed by atoms with E-state index in [2.05, 4.69) is 21.9 Å². The Labute approximate surface area is 158 Å². The van der Waals surface area contributed by atoms with Crippen LogP contribution in [0.25, 0.3) is 0 Å². The third-order valence-corrected chi connectivity index (χ3v) is 5.46. The third kappa shape index (κ3) is 3.56. The van der Waals surface area contributed by atoms with Gasteiger partial charge in [0.15, 0.2) is 0 Å². The fourth-order valence-electron chi connectivity index (χ4n) is 2.50. The van der Waals surface area contributed by atoms with Gasteiger partial charge in [-0.1, -0.05) is 33.5 Å². The van der Waals surface area contributed by atoms with Crippen LogP contribution in [0.1, 0.15) is 10.9 Å². The van der Waals surface area contributed by atoms with Crippen molar-refractivity contribution in [3.05, 3.63) is 57.5 Å². The van der Waals surface area contributed by atoms with Crippen molar-refractivity contribution >= 4 is 50.9 Å². The molecule has 0 aromatic heterocycles. The molecule has 24 heavy (non-hydrogen) atoms. The van der Waals surface area contributed by atoms with Crippen molar-refractivity contribution in [2.24, 2.45) is 0 Å². The van der Waals surface area contributed by atoms with E-state index in [0.717, 1.165) is 15.7 Å². The normalized spacial score (nSPS) is 17.0. The summed E-state index contributed by atoms with van der Waals surface area (Å²) >= 11 is 11.0. The lowest BCUT2D eigenvalue weighted by Gasteiger charge is -2.26. The molecular formula is C18H13BrClNO2S. The molecule has 1 amide bonds. The van der Waals surface area contributed by atoms with Crippen LogP contribution in [0.15, 0.2) is 46.9 Å². The number of amides is 1. The minimum Gasteiger partial charge on any atom is -0.481 e. The van der Waals surface area contributed by atoms with Crippen molar-refractivity contribution in [2.75, 3.05) is 17.3 Å². The second-order valence-corrected chi connectivity index (χ2v) is 7.50. The van der Waals surface area contributed by atoms with Gasteiger partial charge in [-0.2, -0.15) is 0 Å². The zero-order valence-corrected chi connectivity index (χ0v) is 15.7. The van der Waals surface area contributed by atoms with Crippen molar-refractivity contribution in [3.63, 3.8) is 0 Å². The van der Waals surface area contributed by atoms with Crippen LogP contribution in [0, 0.1) is 12.3 Å². The van der Waals surface area contributed by atoms with E-state index in [9.17, 15) is 4.79 Å². The summed E-state index contributed by atoms with van der Waals surface area (Å²) in [7, 11) is 0. The van der Waals surface area contributed by atoms with E-state index in [0.29, 0.717) is 16.5 Å². The number of terminal acetylenes is 1. The summed E-state index contributed by atoms with van der Waals surface area (Å²) in [5.74, 6) is 3.62. The first-order valence-electron chi connectivity index (χ1n) is 7.15. The Bertz CT molecular complexity index is 804. The van der Waals surface area contributed by atoms with Gasteiger partial charge in [-0.25, -0.2) is 0 Å². The number of nitrogens with zero attached hydrogens (tertiary/aromatic N) is 1. The van der Waals surface area contributed by atoms with Crippen LogP contribution in [0.5, 0.6) is 5.75 Å². The number of hydrogen-bond donors (Lipinski definition) is 0. The molecule has 0 N–H and O–H groups in total. The van der Waals surface area contributed by atoms with Gasteiger partial charge in [0, 0.05) is 20.7 Å². The average molecular weight is 423 g/mol. The van der Waals surface area contributed by atoms with Gasteiger partial charge in [-0.15, -0.1) is 18.2 Å². The lowest BCUT2D eigenvalue weighted by atomic mass is 10.1. The molecule has 0 radical (unpaired) electrons. The predicted molar refractivity (Wildman–Crippen MR) is 103 cm³/mol. The first-order valence-corrected chi connectivity index (χ1v) is 9.37. The number of benzene rings is 2. The van der Waals surface area contributed by atoms with Gasteiger partial charge in [-0.05, 0) is 42.5 Å². The molecule has 0 unspecified atom stereocenters. The largest absolute Gasteiger partial charge is 0.481 e. The fourth-order valence-corrected chi connectivity index (χ4v) is 4.19. The topological polar surface area (TPSA) is 29.5 Å². The molecule has 1 fully saturated rings. The van der Waals surface area contributed by atoms with Crippen molar-refractivity contribution in [2.45, 2.75) is 5.37 Å². The molecule has 3 rings (SSSR count). The molecule has 2 aromatic rings. The molecule has 0 spiro atoms. The van der Waals surface area contributed by atoms with Crippen molar-refractivity contribution in [3.8, 4) is 18.1 Å². The molecule has 1 atom stereocenters. The number of carbonyl (C=O) groups excluding carboxylic acids is 1. The van der Waals surface area contributed by atoms with Gasteiger partial charge in [0.05, 0.1) is 5.75 Å².